The number of piperidine rings is 2. The van der Waals surface area contributed by atoms with Gasteiger partial charge in [0.1, 0.15) is 18.4 Å². The molecule has 9 nitrogen and oxygen atoms in total. The van der Waals surface area contributed by atoms with Crippen molar-refractivity contribution in [3.05, 3.63) is 29.3 Å². The Balaban J connectivity index is 1.20. The number of amides is 4. The van der Waals surface area contributed by atoms with Gasteiger partial charge in [0.2, 0.25) is 17.7 Å². The molecule has 9 heteroatoms. The molecule has 4 heterocycles. The first-order valence-electron chi connectivity index (χ1n) is 12.8. The summed E-state index contributed by atoms with van der Waals surface area (Å²) in [6.07, 6.45) is 6.07. The Morgan fingerprint density at radius 1 is 1.09 bits per heavy atom. The van der Waals surface area contributed by atoms with Gasteiger partial charge in [-0.3, -0.25) is 24.5 Å². The maximum atomic E-state index is 13.0. The van der Waals surface area contributed by atoms with E-state index < -0.39 is 11.9 Å². The number of fused-ring (bicyclic) bond motifs is 1. The van der Waals surface area contributed by atoms with Gasteiger partial charge in [0.25, 0.3) is 5.91 Å². The second kappa shape index (κ2) is 10.4. The van der Waals surface area contributed by atoms with E-state index >= 15 is 0 Å². The minimum Gasteiger partial charge on any atom is -0.491 e. The zero-order valence-electron chi connectivity index (χ0n) is 20.0. The molecular weight excluding hydrogens is 450 g/mol. The van der Waals surface area contributed by atoms with Crippen LogP contribution in [0.15, 0.2) is 18.2 Å². The summed E-state index contributed by atoms with van der Waals surface area (Å²) in [6.45, 7) is 2.99. The van der Waals surface area contributed by atoms with Crippen LogP contribution in [0.2, 0.25) is 0 Å². The van der Waals surface area contributed by atoms with E-state index in [1.807, 2.05) is 11.0 Å². The highest BCUT2D eigenvalue weighted by Gasteiger charge is 2.39. The van der Waals surface area contributed by atoms with Crippen molar-refractivity contribution in [2.45, 2.75) is 70.0 Å². The Bertz CT molecular complexity index is 1000. The number of ether oxygens (including phenoxy) is 2. The fraction of sp³-hybridized carbons (Fsp3) is 0.615. The van der Waals surface area contributed by atoms with Crippen LogP contribution in [0, 0.1) is 5.92 Å². The molecule has 5 rings (SSSR count). The van der Waals surface area contributed by atoms with Crippen molar-refractivity contribution < 1.29 is 28.7 Å². The largest absolute Gasteiger partial charge is 0.491 e. The van der Waals surface area contributed by atoms with Gasteiger partial charge >= 0.3 is 0 Å². The van der Waals surface area contributed by atoms with Gasteiger partial charge in [0, 0.05) is 44.7 Å². The Morgan fingerprint density at radius 3 is 2.71 bits per heavy atom. The van der Waals surface area contributed by atoms with E-state index in [9.17, 15) is 19.2 Å². The Hall–Kier alpha value is -2.94. The van der Waals surface area contributed by atoms with Crippen LogP contribution in [0.3, 0.4) is 0 Å². The molecule has 188 valence electrons. The summed E-state index contributed by atoms with van der Waals surface area (Å²) in [5.74, 6) is 0.365. The lowest BCUT2D eigenvalue weighted by atomic mass is 9.94. The summed E-state index contributed by atoms with van der Waals surface area (Å²) in [5, 5.41) is 2.33. The summed E-state index contributed by atoms with van der Waals surface area (Å²) < 4.78 is 11.5. The van der Waals surface area contributed by atoms with E-state index in [0.29, 0.717) is 43.2 Å². The molecule has 1 unspecified atom stereocenters. The zero-order valence-corrected chi connectivity index (χ0v) is 20.0. The van der Waals surface area contributed by atoms with Crippen LogP contribution >= 0.6 is 0 Å². The van der Waals surface area contributed by atoms with E-state index in [-0.39, 0.29) is 30.2 Å². The van der Waals surface area contributed by atoms with Crippen LogP contribution in [0.5, 0.6) is 5.75 Å². The third kappa shape index (κ3) is 5.19. The maximum Gasteiger partial charge on any atom is 0.255 e. The van der Waals surface area contributed by atoms with E-state index in [1.165, 1.54) is 4.90 Å². The zero-order chi connectivity index (χ0) is 24.4. The van der Waals surface area contributed by atoms with Crippen LogP contribution in [-0.4, -0.2) is 71.9 Å². The molecule has 4 aliphatic heterocycles. The summed E-state index contributed by atoms with van der Waals surface area (Å²) >= 11 is 0. The fourth-order valence-electron chi connectivity index (χ4n) is 5.65. The first-order valence-corrected chi connectivity index (χ1v) is 12.8. The SMILES string of the molecule is O=C1CCC(N2Cc3cc(OC[C@H]4CCCCN4C(=O)CC4CCOCC4)ccc3C2=O)C(=O)N1. The molecule has 2 atom stereocenters. The van der Waals surface area contributed by atoms with Crippen LogP contribution < -0.4 is 10.1 Å². The molecule has 4 amide bonds. The minimum absolute atomic E-state index is 0.0472. The van der Waals surface area contributed by atoms with E-state index in [1.54, 1.807) is 12.1 Å². The van der Waals surface area contributed by atoms with Gasteiger partial charge in [-0.15, -0.1) is 0 Å². The van der Waals surface area contributed by atoms with Gasteiger partial charge in [0.05, 0.1) is 6.04 Å². The number of nitrogens with one attached hydrogen (secondary N) is 1. The minimum atomic E-state index is -0.630. The average molecular weight is 484 g/mol. The Labute approximate surface area is 205 Å². The number of rotatable bonds is 6. The second-order valence-electron chi connectivity index (χ2n) is 10.0. The van der Waals surface area contributed by atoms with Crippen molar-refractivity contribution in [2.75, 3.05) is 26.4 Å². The van der Waals surface area contributed by atoms with Gasteiger partial charge in [-0.1, -0.05) is 0 Å². The highest BCUT2D eigenvalue weighted by molar-refractivity contribution is 6.05. The van der Waals surface area contributed by atoms with Crippen LogP contribution in [-0.2, 0) is 25.7 Å². The summed E-state index contributed by atoms with van der Waals surface area (Å²) in [7, 11) is 0. The molecule has 0 aromatic heterocycles. The van der Waals surface area contributed by atoms with Gasteiger partial charge in [-0.25, -0.2) is 0 Å². The first kappa shape index (κ1) is 23.8. The van der Waals surface area contributed by atoms with Crippen molar-refractivity contribution in [1.29, 1.82) is 0 Å². The van der Waals surface area contributed by atoms with Gasteiger partial charge in [-0.2, -0.15) is 0 Å². The molecule has 1 aromatic rings. The topological polar surface area (TPSA) is 105 Å². The third-order valence-electron chi connectivity index (χ3n) is 7.69. The standard InChI is InChI=1S/C26H33N3O6/c30-23-7-6-22(25(32)27-23)29-15-18-14-20(4-5-21(18)26(29)33)35-16-19-3-1-2-10-28(19)24(31)13-17-8-11-34-12-9-17/h4-5,14,17,19,22H,1-3,6-13,15-16H2,(H,27,30,32)/t19-,22?/m1/s1. The molecule has 0 bridgehead atoms. The summed E-state index contributed by atoms with van der Waals surface area (Å²) in [5.41, 5.74) is 1.38. The molecule has 0 radical (unpaired) electrons. The van der Waals surface area contributed by atoms with Crippen LogP contribution in [0.1, 0.15) is 67.3 Å². The monoisotopic (exact) mass is 483 g/mol. The summed E-state index contributed by atoms with van der Waals surface area (Å²) in [6, 6.07) is 4.80. The number of carbonyl (C=O) groups excluding carboxylic acids is 4. The fourth-order valence-corrected chi connectivity index (χ4v) is 5.65. The quantitative estimate of drug-likeness (QED) is 0.621. The second-order valence-corrected chi connectivity index (χ2v) is 10.0. The van der Waals surface area contributed by atoms with E-state index in [0.717, 1.165) is 57.4 Å². The lowest BCUT2D eigenvalue weighted by Crippen LogP contribution is -2.52. The highest BCUT2D eigenvalue weighted by Crippen LogP contribution is 2.31. The molecule has 4 aliphatic rings. The first-order chi connectivity index (χ1) is 17.0. The Kier molecular flexibility index (Phi) is 7.04. The highest BCUT2D eigenvalue weighted by atomic mass is 16.5. The number of carbonyl (C=O) groups is 4. The van der Waals surface area contributed by atoms with Crippen molar-refractivity contribution in [2.24, 2.45) is 5.92 Å². The van der Waals surface area contributed by atoms with Gasteiger partial charge in [0.15, 0.2) is 0 Å². The number of hydrogen-bond acceptors (Lipinski definition) is 6. The summed E-state index contributed by atoms with van der Waals surface area (Å²) in [4.78, 5) is 53.2. The molecule has 3 saturated heterocycles. The van der Waals surface area contributed by atoms with E-state index in [4.69, 9.17) is 9.47 Å². The average Bonchev–Trinajstić information content (AvgIpc) is 3.19. The molecule has 0 spiro atoms. The molecule has 35 heavy (non-hydrogen) atoms. The lowest BCUT2D eigenvalue weighted by molar-refractivity contribution is -0.138. The van der Waals surface area contributed by atoms with E-state index in [2.05, 4.69) is 5.32 Å². The van der Waals surface area contributed by atoms with Crippen molar-refractivity contribution >= 4 is 23.6 Å². The molecule has 3 fully saturated rings. The van der Waals surface area contributed by atoms with Gasteiger partial charge < -0.3 is 19.3 Å². The molecule has 0 saturated carbocycles. The van der Waals surface area contributed by atoms with Gasteiger partial charge in [-0.05, 0) is 68.2 Å². The molecule has 1 N–H and O–H groups in total. The molecule has 1 aromatic carbocycles. The number of nitrogens with zero attached hydrogens (tertiary/aromatic N) is 2. The van der Waals surface area contributed by atoms with Crippen molar-refractivity contribution in [3.8, 4) is 5.75 Å². The number of imide groups is 1. The number of hydrogen-bond donors (Lipinski definition) is 1. The van der Waals surface area contributed by atoms with Crippen LogP contribution in [0.25, 0.3) is 0 Å². The number of benzene rings is 1. The van der Waals surface area contributed by atoms with Crippen molar-refractivity contribution in [1.82, 2.24) is 15.1 Å². The molecule has 0 aliphatic carbocycles. The Morgan fingerprint density at radius 2 is 1.91 bits per heavy atom. The number of likely N-dealkylation sites (tertiary alicyclic amines) is 1. The van der Waals surface area contributed by atoms with Crippen LogP contribution in [0.4, 0.5) is 0 Å². The van der Waals surface area contributed by atoms with Crippen molar-refractivity contribution in [3.63, 3.8) is 0 Å². The normalized spacial score (nSPS) is 25.4. The lowest BCUT2D eigenvalue weighted by Gasteiger charge is -2.36. The third-order valence-corrected chi connectivity index (χ3v) is 7.69. The smallest absolute Gasteiger partial charge is 0.255 e. The maximum absolute atomic E-state index is 13.0. The molecular formula is C26H33N3O6. The predicted molar refractivity (Wildman–Crippen MR) is 125 cm³/mol. The predicted octanol–water partition coefficient (Wildman–Crippen LogP) is 2.02.